The number of benzene rings is 1. The van der Waals surface area contributed by atoms with Crippen molar-refractivity contribution in [1.29, 1.82) is 0 Å². The molecule has 112 valence electrons. The van der Waals surface area contributed by atoms with Gasteiger partial charge in [0.15, 0.2) is 5.03 Å². The van der Waals surface area contributed by atoms with Gasteiger partial charge >= 0.3 is 0 Å². The van der Waals surface area contributed by atoms with E-state index in [0.29, 0.717) is 22.6 Å². The van der Waals surface area contributed by atoms with Crippen molar-refractivity contribution in [2.75, 3.05) is 11.8 Å². The number of amides is 1. The van der Waals surface area contributed by atoms with Crippen molar-refractivity contribution in [3.05, 3.63) is 41.3 Å². The average Bonchev–Trinajstić information content (AvgIpc) is 2.88. The minimum Gasteiger partial charge on any atom is -0.355 e. The standard InChI is InChI=1S/C13H16N4O3S/c1-8-10(13(18)14-3)5-4-6-11(8)17-21(19,20)12-7-15-9(2)16-12/h4-7,17H,1-3H3,(H,14,18)(H,15,16). The van der Waals surface area contributed by atoms with E-state index in [4.69, 9.17) is 0 Å². The molecule has 0 atom stereocenters. The molecule has 0 fully saturated rings. The molecular weight excluding hydrogens is 292 g/mol. The largest absolute Gasteiger partial charge is 0.355 e. The first-order chi connectivity index (χ1) is 9.85. The number of hydrogen-bond donors (Lipinski definition) is 3. The molecule has 1 aromatic heterocycles. The first-order valence-corrected chi connectivity index (χ1v) is 7.69. The molecule has 0 aliphatic carbocycles. The fourth-order valence-electron chi connectivity index (χ4n) is 1.86. The van der Waals surface area contributed by atoms with Gasteiger partial charge in [0.1, 0.15) is 5.82 Å². The fourth-order valence-corrected chi connectivity index (χ4v) is 2.96. The Balaban J connectivity index is 2.38. The normalized spacial score (nSPS) is 11.2. The molecule has 8 heteroatoms. The van der Waals surface area contributed by atoms with Crippen molar-refractivity contribution >= 4 is 21.6 Å². The third kappa shape index (κ3) is 3.05. The molecule has 7 nitrogen and oxygen atoms in total. The summed E-state index contributed by atoms with van der Waals surface area (Å²) in [7, 11) is -2.24. The zero-order chi connectivity index (χ0) is 15.6. The highest BCUT2D eigenvalue weighted by molar-refractivity contribution is 7.92. The van der Waals surface area contributed by atoms with Crippen LogP contribution in [0.15, 0.2) is 29.4 Å². The van der Waals surface area contributed by atoms with Crippen LogP contribution in [-0.2, 0) is 10.0 Å². The lowest BCUT2D eigenvalue weighted by Gasteiger charge is -2.12. The molecule has 0 aliphatic heterocycles. The van der Waals surface area contributed by atoms with Crippen LogP contribution < -0.4 is 10.0 Å². The third-order valence-electron chi connectivity index (χ3n) is 3.02. The monoisotopic (exact) mass is 308 g/mol. The van der Waals surface area contributed by atoms with E-state index in [1.165, 1.54) is 13.2 Å². The molecule has 1 amide bonds. The molecule has 1 heterocycles. The smallest absolute Gasteiger partial charge is 0.278 e. The van der Waals surface area contributed by atoms with Gasteiger partial charge in [-0.2, -0.15) is 8.42 Å². The van der Waals surface area contributed by atoms with E-state index in [-0.39, 0.29) is 10.9 Å². The van der Waals surface area contributed by atoms with E-state index < -0.39 is 10.0 Å². The molecular formula is C13H16N4O3S. The van der Waals surface area contributed by atoms with E-state index in [1.54, 1.807) is 32.0 Å². The molecule has 3 N–H and O–H groups in total. The zero-order valence-electron chi connectivity index (χ0n) is 11.9. The number of aryl methyl sites for hydroxylation is 1. The van der Waals surface area contributed by atoms with Crippen molar-refractivity contribution in [3.8, 4) is 0 Å². The average molecular weight is 308 g/mol. The highest BCUT2D eigenvalue weighted by atomic mass is 32.2. The van der Waals surface area contributed by atoms with Crippen LogP contribution in [0, 0.1) is 13.8 Å². The maximum Gasteiger partial charge on any atom is 0.278 e. The second-order valence-electron chi connectivity index (χ2n) is 4.50. The minimum atomic E-state index is -3.76. The van der Waals surface area contributed by atoms with Crippen molar-refractivity contribution < 1.29 is 13.2 Å². The number of H-pyrrole nitrogens is 1. The lowest BCUT2D eigenvalue weighted by molar-refractivity contribution is 0.0962. The number of aromatic nitrogens is 2. The summed E-state index contributed by atoms with van der Waals surface area (Å²) in [6, 6.07) is 4.85. The Hall–Kier alpha value is -2.35. The van der Waals surface area contributed by atoms with Crippen molar-refractivity contribution in [3.63, 3.8) is 0 Å². The summed E-state index contributed by atoms with van der Waals surface area (Å²) < 4.78 is 26.9. The van der Waals surface area contributed by atoms with Gasteiger partial charge in [-0.05, 0) is 31.5 Å². The maximum absolute atomic E-state index is 12.2. The van der Waals surface area contributed by atoms with Crippen LogP contribution in [0.2, 0.25) is 0 Å². The zero-order valence-corrected chi connectivity index (χ0v) is 12.7. The van der Waals surface area contributed by atoms with Gasteiger partial charge < -0.3 is 10.3 Å². The van der Waals surface area contributed by atoms with Gasteiger partial charge in [-0.15, -0.1) is 0 Å². The van der Waals surface area contributed by atoms with Crippen molar-refractivity contribution in [2.24, 2.45) is 0 Å². The second kappa shape index (κ2) is 5.57. The molecule has 0 saturated heterocycles. The number of carbonyl (C=O) groups is 1. The molecule has 0 unspecified atom stereocenters. The predicted molar refractivity (Wildman–Crippen MR) is 78.7 cm³/mol. The summed E-state index contributed by atoms with van der Waals surface area (Å²) in [5.41, 5.74) is 1.32. The summed E-state index contributed by atoms with van der Waals surface area (Å²) in [5, 5.41) is 2.49. The number of nitrogens with one attached hydrogen (secondary N) is 3. The molecule has 21 heavy (non-hydrogen) atoms. The topological polar surface area (TPSA) is 104 Å². The third-order valence-corrected chi connectivity index (χ3v) is 4.29. The van der Waals surface area contributed by atoms with Gasteiger partial charge in [0, 0.05) is 12.6 Å². The minimum absolute atomic E-state index is 0.0234. The molecule has 0 bridgehead atoms. The quantitative estimate of drug-likeness (QED) is 0.789. The summed E-state index contributed by atoms with van der Waals surface area (Å²) in [6.45, 7) is 3.34. The van der Waals surface area contributed by atoms with E-state index in [1.807, 2.05) is 0 Å². The van der Waals surface area contributed by atoms with Crippen molar-refractivity contribution in [1.82, 2.24) is 15.3 Å². The summed E-state index contributed by atoms with van der Waals surface area (Å²) >= 11 is 0. The molecule has 1 aromatic carbocycles. The summed E-state index contributed by atoms with van der Waals surface area (Å²) in [6.07, 6.45) is 1.25. The van der Waals surface area contributed by atoms with E-state index >= 15 is 0 Å². The van der Waals surface area contributed by atoms with Gasteiger partial charge in [0.2, 0.25) is 0 Å². The number of imidazole rings is 1. The molecule has 0 saturated carbocycles. The molecule has 2 aromatic rings. The van der Waals surface area contributed by atoms with Gasteiger partial charge in [-0.25, -0.2) is 4.98 Å². The lowest BCUT2D eigenvalue weighted by Crippen LogP contribution is -2.20. The first-order valence-electron chi connectivity index (χ1n) is 6.21. The van der Waals surface area contributed by atoms with Crippen molar-refractivity contribution in [2.45, 2.75) is 18.9 Å². The SMILES string of the molecule is CNC(=O)c1cccc(NS(=O)(=O)c2cnc(C)[nH]2)c1C. The lowest BCUT2D eigenvalue weighted by atomic mass is 10.1. The van der Waals surface area contributed by atoms with Crippen LogP contribution in [0.25, 0.3) is 0 Å². The van der Waals surface area contributed by atoms with Gasteiger partial charge in [-0.3, -0.25) is 9.52 Å². The Morgan fingerprint density at radius 1 is 1.29 bits per heavy atom. The summed E-state index contributed by atoms with van der Waals surface area (Å²) in [4.78, 5) is 18.3. The van der Waals surface area contributed by atoms with Crippen LogP contribution in [0.3, 0.4) is 0 Å². The maximum atomic E-state index is 12.2. The molecule has 0 aliphatic rings. The Kier molecular flexibility index (Phi) is 3.99. The van der Waals surface area contributed by atoms with Gasteiger partial charge in [0.05, 0.1) is 11.9 Å². The first kappa shape index (κ1) is 15.0. The molecule has 0 spiro atoms. The van der Waals surface area contributed by atoms with Crippen LogP contribution >= 0.6 is 0 Å². The number of carbonyl (C=O) groups excluding carboxylic acids is 1. The Labute approximate surface area is 122 Å². The number of rotatable bonds is 4. The predicted octanol–water partition coefficient (Wildman–Crippen LogP) is 1.19. The Morgan fingerprint density at radius 2 is 2.00 bits per heavy atom. The molecule has 0 radical (unpaired) electrons. The van der Waals surface area contributed by atoms with Crippen LogP contribution in [-0.4, -0.2) is 31.3 Å². The van der Waals surface area contributed by atoms with Gasteiger partial charge in [-0.1, -0.05) is 6.07 Å². The number of aromatic amines is 1. The number of hydrogen-bond acceptors (Lipinski definition) is 4. The van der Waals surface area contributed by atoms with Crippen LogP contribution in [0.1, 0.15) is 21.7 Å². The Morgan fingerprint density at radius 3 is 2.57 bits per heavy atom. The Bertz CT molecular complexity index is 780. The highest BCUT2D eigenvalue weighted by Gasteiger charge is 2.19. The highest BCUT2D eigenvalue weighted by Crippen LogP contribution is 2.22. The van der Waals surface area contributed by atoms with Gasteiger partial charge in [0.25, 0.3) is 15.9 Å². The number of sulfonamides is 1. The fraction of sp³-hybridized carbons (Fsp3) is 0.231. The molecule has 2 rings (SSSR count). The van der Waals surface area contributed by atoms with E-state index in [2.05, 4.69) is 20.0 Å². The van der Waals surface area contributed by atoms with Crippen LogP contribution in [0.4, 0.5) is 5.69 Å². The summed E-state index contributed by atoms with van der Waals surface area (Å²) in [5.74, 6) is 0.233. The van der Waals surface area contributed by atoms with Crippen LogP contribution in [0.5, 0.6) is 0 Å². The number of anilines is 1. The number of nitrogens with zero attached hydrogens (tertiary/aromatic N) is 1. The second-order valence-corrected chi connectivity index (χ2v) is 6.15. The van der Waals surface area contributed by atoms with E-state index in [0.717, 1.165) is 0 Å². The van der Waals surface area contributed by atoms with E-state index in [9.17, 15) is 13.2 Å².